The fourth-order valence-electron chi connectivity index (χ4n) is 3.65. The largest absolute Gasteiger partial charge is 0.373 e. The van der Waals surface area contributed by atoms with E-state index in [1.54, 1.807) is 8.61 Å². The molecule has 3 fully saturated rings. The molecular formula is C13H25N3O3S. The van der Waals surface area contributed by atoms with E-state index in [0.29, 0.717) is 32.2 Å². The molecule has 3 rings (SSSR count). The van der Waals surface area contributed by atoms with E-state index in [4.69, 9.17) is 4.74 Å². The first-order chi connectivity index (χ1) is 9.46. The zero-order valence-corrected chi connectivity index (χ0v) is 13.2. The van der Waals surface area contributed by atoms with Gasteiger partial charge in [0.25, 0.3) is 10.2 Å². The van der Waals surface area contributed by atoms with Gasteiger partial charge in [-0.3, -0.25) is 4.90 Å². The van der Waals surface area contributed by atoms with Crippen molar-refractivity contribution in [3.63, 3.8) is 0 Å². The van der Waals surface area contributed by atoms with Crippen LogP contribution in [0.15, 0.2) is 0 Å². The van der Waals surface area contributed by atoms with Crippen LogP contribution < -0.4 is 0 Å². The van der Waals surface area contributed by atoms with Gasteiger partial charge in [-0.15, -0.1) is 0 Å². The minimum atomic E-state index is -3.33. The fraction of sp³-hybridized carbons (Fsp3) is 1.00. The first kappa shape index (κ1) is 14.7. The topological polar surface area (TPSA) is 53.1 Å². The Balaban J connectivity index is 1.71. The predicted octanol–water partition coefficient (Wildman–Crippen LogP) is 0.120. The molecule has 7 heteroatoms. The van der Waals surface area contributed by atoms with Crippen molar-refractivity contribution in [2.75, 3.05) is 39.3 Å². The highest BCUT2D eigenvalue weighted by Gasteiger charge is 2.40. The summed E-state index contributed by atoms with van der Waals surface area (Å²) in [5, 5.41) is 0. The molecule has 3 saturated heterocycles. The summed E-state index contributed by atoms with van der Waals surface area (Å²) in [6.07, 6.45) is 2.27. The highest BCUT2D eigenvalue weighted by atomic mass is 32.2. The molecule has 3 aliphatic heterocycles. The third kappa shape index (κ3) is 2.74. The minimum Gasteiger partial charge on any atom is -0.373 e. The fourth-order valence-corrected chi connectivity index (χ4v) is 5.45. The Kier molecular flexibility index (Phi) is 4.07. The van der Waals surface area contributed by atoms with Crippen LogP contribution in [0, 0.1) is 0 Å². The van der Waals surface area contributed by atoms with Gasteiger partial charge in [0.15, 0.2) is 0 Å². The van der Waals surface area contributed by atoms with E-state index >= 15 is 0 Å². The number of nitrogens with zero attached hydrogens (tertiary/aromatic N) is 3. The van der Waals surface area contributed by atoms with E-state index in [2.05, 4.69) is 4.90 Å². The quantitative estimate of drug-likeness (QED) is 0.727. The van der Waals surface area contributed by atoms with Crippen molar-refractivity contribution >= 4 is 10.2 Å². The van der Waals surface area contributed by atoms with E-state index in [9.17, 15) is 8.42 Å². The van der Waals surface area contributed by atoms with Crippen LogP contribution in [0.3, 0.4) is 0 Å². The highest BCUT2D eigenvalue weighted by Crippen LogP contribution is 2.25. The van der Waals surface area contributed by atoms with Gasteiger partial charge in [0.2, 0.25) is 0 Å². The van der Waals surface area contributed by atoms with Crippen molar-refractivity contribution in [3.05, 3.63) is 0 Å². The number of piperazine rings is 1. The van der Waals surface area contributed by atoms with Crippen LogP contribution in [0.1, 0.15) is 26.7 Å². The van der Waals surface area contributed by atoms with Crippen LogP contribution in [0.25, 0.3) is 0 Å². The number of rotatable bonds is 2. The van der Waals surface area contributed by atoms with Gasteiger partial charge in [-0.1, -0.05) is 0 Å². The third-order valence-electron chi connectivity index (χ3n) is 4.59. The van der Waals surface area contributed by atoms with Gasteiger partial charge in [-0.2, -0.15) is 17.0 Å². The molecule has 20 heavy (non-hydrogen) atoms. The summed E-state index contributed by atoms with van der Waals surface area (Å²) in [7, 11) is -3.33. The molecule has 6 nitrogen and oxygen atoms in total. The highest BCUT2D eigenvalue weighted by molar-refractivity contribution is 7.86. The SMILES string of the molecule is C[C@@H]1CN(S(=O)(=O)N2CCN3CCC[C@@H]3C2)C[C@@H](C)O1. The molecule has 0 aromatic rings. The van der Waals surface area contributed by atoms with Crippen molar-refractivity contribution in [2.24, 2.45) is 0 Å². The lowest BCUT2D eigenvalue weighted by Crippen LogP contribution is -2.58. The Morgan fingerprint density at radius 3 is 2.35 bits per heavy atom. The first-order valence-electron chi connectivity index (χ1n) is 7.61. The van der Waals surface area contributed by atoms with Crippen LogP contribution in [0.2, 0.25) is 0 Å². The number of morpholine rings is 1. The maximum absolute atomic E-state index is 12.8. The van der Waals surface area contributed by atoms with Gasteiger partial charge in [-0.05, 0) is 33.2 Å². The van der Waals surface area contributed by atoms with Crippen LogP contribution in [0.5, 0.6) is 0 Å². The van der Waals surface area contributed by atoms with Gasteiger partial charge in [0, 0.05) is 38.8 Å². The average molecular weight is 303 g/mol. The second kappa shape index (κ2) is 5.53. The van der Waals surface area contributed by atoms with E-state index < -0.39 is 10.2 Å². The Morgan fingerprint density at radius 2 is 1.65 bits per heavy atom. The molecule has 0 aromatic heterocycles. The number of fused-ring (bicyclic) bond motifs is 1. The third-order valence-corrected chi connectivity index (χ3v) is 6.52. The summed E-state index contributed by atoms with van der Waals surface area (Å²) in [6.45, 7) is 8.10. The van der Waals surface area contributed by atoms with Crippen molar-refractivity contribution < 1.29 is 13.2 Å². The van der Waals surface area contributed by atoms with E-state index in [1.807, 2.05) is 13.8 Å². The van der Waals surface area contributed by atoms with Crippen LogP contribution >= 0.6 is 0 Å². The molecule has 0 aliphatic carbocycles. The summed E-state index contributed by atoms with van der Waals surface area (Å²) < 4.78 is 34.5. The standard InChI is InChI=1S/C13H25N3O3S/c1-11-8-16(9-12(2)19-11)20(17,18)15-7-6-14-5-3-4-13(14)10-15/h11-13H,3-10H2,1-2H3/t11-,12-,13-/m1/s1. The van der Waals surface area contributed by atoms with Gasteiger partial charge in [0.05, 0.1) is 12.2 Å². The molecule has 116 valence electrons. The molecule has 0 aromatic carbocycles. The van der Waals surface area contributed by atoms with E-state index in [-0.39, 0.29) is 12.2 Å². The summed E-state index contributed by atoms with van der Waals surface area (Å²) in [4.78, 5) is 2.43. The second-order valence-corrected chi connectivity index (χ2v) is 8.20. The smallest absolute Gasteiger partial charge is 0.282 e. The summed E-state index contributed by atoms with van der Waals surface area (Å²) >= 11 is 0. The minimum absolute atomic E-state index is 0.0266. The van der Waals surface area contributed by atoms with Crippen molar-refractivity contribution in [2.45, 2.75) is 44.9 Å². The molecule has 0 saturated carbocycles. The molecule has 0 unspecified atom stereocenters. The molecule has 0 radical (unpaired) electrons. The van der Waals surface area contributed by atoms with Gasteiger partial charge < -0.3 is 4.74 Å². The van der Waals surface area contributed by atoms with E-state index in [1.165, 1.54) is 6.42 Å². The van der Waals surface area contributed by atoms with Crippen molar-refractivity contribution in [1.29, 1.82) is 0 Å². The molecule has 0 amide bonds. The molecule has 0 bridgehead atoms. The summed E-state index contributed by atoms with van der Waals surface area (Å²) in [5.74, 6) is 0. The molecule has 3 aliphatic rings. The molecule has 0 N–H and O–H groups in total. The first-order valence-corrected chi connectivity index (χ1v) is 9.01. The average Bonchev–Trinajstić information content (AvgIpc) is 2.84. The Hall–Kier alpha value is -0.210. The maximum atomic E-state index is 12.8. The summed E-state index contributed by atoms with van der Waals surface area (Å²) in [6, 6.07) is 0.425. The number of hydrogen-bond acceptors (Lipinski definition) is 4. The predicted molar refractivity (Wildman–Crippen MR) is 76.7 cm³/mol. The lowest BCUT2D eigenvalue weighted by molar-refractivity contribution is -0.0459. The van der Waals surface area contributed by atoms with Crippen LogP contribution in [-0.2, 0) is 14.9 Å². The van der Waals surface area contributed by atoms with Crippen molar-refractivity contribution in [3.8, 4) is 0 Å². The maximum Gasteiger partial charge on any atom is 0.282 e. The van der Waals surface area contributed by atoms with Crippen molar-refractivity contribution in [1.82, 2.24) is 13.5 Å². The lowest BCUT2D eigenvalue weighted by Gasteiger charge is -2.41. The lowest BCUT2D eigenvalue weighted by atomic mass is 10.2. The molecule has 3 heterocycles. The Bertz CT molecular complexity index is 446. The molecule has 0 spiro atoms. The van der Waals surface area contributed by atoms with Gasteiger partial charge >= 0.3 is 0 Å². The summed E-state index contributed by atoms with van der Waals surface area (Å²) in [5.41, 5.74) is 0. The monoisotopic (exact) mass is 303 g/mol. The Morgan fingerprint density at radius 1 is 0.950 bits per heavy atom. The van der Waals surface area contributed by atoms with E-state index in [0.717, 1.165) is 19.5 Å². The molecule has 3 atom stereocenters. The Labute approximate surface area is 121 Å². The molecular weight excluding hydrogens is 278 g/mol. The zero-order chi connectivity index (χ0) is 14.3. The number of hydrogen-bond donors (Lipinski definition) is 0. The van der Waals surface area contributed by atoms with Gasteiger partial charge in [-0.25, -0.2) is 0 Å². The zero-order valence-electron chi connectivity index (χ0n) is 12.4. The van der Waals surface area contributed by atoms with Gasteiger partial charge in [0.1, 0.15) is 0 Å². The van der Waals surface area contributed by atoms with Crippen LogP contribution in [-0.4, -0.2) is 79.4 Å². The normalized spacial score (nSPS) is 38.0. The van der Waals surface area contributed by atoms with Crippen LogP contribution in [0.4, 0.5) is 0 Å². The second-order valence-electron chi connectivity index (χ2n) is 6.27. The number of ether oxygens (including phenoxy) is 1.